The zero-order chi connectivity index (χ0) is 4.50. The molecule has 0 heterocycles. The van der Waals surface area contributed by atoms with Crippen LogP contribution in [0.25, 0.3) is 0 Å². The Morgan fingerprint density at radius 2 is 1.17 bits per heavy atom. The smallest absolute Gasteiger partial charge is 0.0777 e. The van der Waals surface area contributed by atoms with Gasteiger partial charge in [0.25, 0.3) is 0 Å². The summed E-state index contributed by atoms with van der Waals surface area (Å²) in [5, 5.41) is 0. The van der Waals surface area contributed by atoms with E-state index in [0.29, 0.717) is 0 Å². The van der Waals surface area contributed by atoms with Crippen LogP contribution in [0.2, 0.25) is 0 Å². The van der Waals surface area contributed by atoms with E-state index >= 15 is 0 Å². The minimum Gasteiger partial charge on any atom is -0.183 e. The molecule has 0 unspecified atom stereocenters. The third-order valence-corrected chi connectivity index (χ3v) is 0. The molecule has 0 aromatic carbocycles. The summed E-state index contributed by atoms with van der Waals surface area (Å²) in [6.07, 6.45) is 0. The Morgan fingerprint density at radius 3 is 1.17 bits per heavy atom. The van der Waals surface area contributed by atoms with E-state index in [4.69, 9.17) is 18.6 Å². The molecule has 0 saturated heterocycles. The van der Waals surface area contributed by atoms with Gasteiger partial charge in [0.1, 0.15) is 0 Å². The molecule has 4 nitrogen and oxygen atoms in total. The van der Waals surface area contributed by atoms with Crippen molar-refractivity contribution in [2.75, 3.05) is 0 Å². The van der Waals surface area contributed by atoms with Crippen molar-refractivity contribution in [2.24, 2.45) is 0 Å². The Kier molecular flexibility index (Phi) is 3.94. The number of rotatable bonds is 0. The molecular weight excluding hydrogens is 108 g/mol. The van der Waals surface area contributed by atoms with Gasteiger partial charge in [-0.3, -0.25) is 0 Å². The van der Waals surface area contributed by atoms with Crippen LogP contribution in [0.1, 0.15) is 0 Å². The first kappa shape index (κ1) is 9.57. The summed E-state index contributed by atoms with van der Waals surface area (Å²) in [6, 6.07) is 0. The van der Waals surface area contributed by atoms with Crippen molar-refractivity contribution in [2.45, 2.75) is 0 Å². The first-order chi connectivity index (χ1) is 2.00. The van der Waals surface area contributed by atoms with Crippen LogP contribution in [-0.4, -0.2) is 14.8 Å². The first-order valence-electron chi connectivity index (χ1n) is 0.632. The summed E-state index contributed by atoms with van der Waals surface area (Å²) < 4.78 is 32.7. The van der Waals surface area contributed by atoms with Crippen LogP contribution in [0, 0.1) is 10.2 Å². The van der Waals surface area contributed by atoms with Crippen LogP contribution >= 0.6 is 0 Å². The Hall–Kier alpha value is 0.299. The maximum atomic E-state index is 8.60. The molecule has 0 aliphatic heterocycles. The van der Waals surface area contributed by atoms with Gasteiger partial charge >= 0.3 is 10.1 Å². The van der Waals surface area contributed by atoms with E-state index in [-0.39, 0.29) is 10.1 Å². The molecule has 0 rings (SSSR count). The van der Waals surface area contributed by atoms with Gasteiger partial charge in [0.2, 0.25) is 0 Å². The zero-order valence-corrected chi connectivity index (χ0v) is 2.81. The number of halogens is 1. The van der Waals surface area contributed by atoms with Gasteiger partial charge in [0, 0.05) is 0 Å². The summed E-state index contributed by atoms with van der Waals surface area (Å²) in [7, 11) is -4.69. The van der Waals surface area contributed by atoms with Crippen molar-refractivity contribution in [1.82, 2.24) is 0 Å². The molecule has 0 amide bonds. The minimum atomic E-state index is -4.69. The normalized spacial score (nSPS) is 10.0. The Labute approximate surface area is 40.0 Å². The van der Waals surface area contributed by atoms with Crippen LogP contribution in [0.4, 0.5) is 0 Å². The van der Waals surface area contributed by atoms with Gasteiger partial charge in [-0.25, -0.2) is 0 Å². The van der Waals surface area contributed by atoms with E-state index in [9.17, 15) is 0 Å². The quantitative estimate of drug-likeness (QED) is 0.317. The van der Waals surface area contributed by atoms with Crippen molar-refractivity contribution in [3.05, 3.63) is 0 Å². The van der Waals surface area contributed by atoms with Gasteiger partial charge in [-0.2, -0.15) is 14.0 Å². The number of hydrogen-bond acceptors (Lipinski definition) is 4. The molecule has 0 atom stereocenters. The minimum absolute atomic E-state index is 0. The monoisotopic (exact) mass is 111 g/mol. The van der Waals surface area contributed by atoms with Gasteiger partial charge in [-0.1, -0.05) is 0 Å². The molecule has 0 fully saturated rings. The van der Waals surface area contributed by atoms with Crippen molar-refractivity contribution in [3.8, 4) is 0 Å². The third kappa shape index (κ3) is 524. The Morgan fingerprint density at radius 1 is 1.17 bits per heavy atom. The van der Waals surface area contributed by atoms with Gasteiger partial charge in [0.15, 0.2) is 0 Å². The second kappa shape index (κ2) is 2.47. The fourth-order valence-electron chi connectivity index (χ4n) is 0. The van der Waals surface area contributed by atoms with E-state index in [2.05, 4.69) is 0 Å². The standard InChI is InChI=1S/Be.ClHO4.2H/c;2-1(3,4)5;;/h;(H,2,3,4,5);;. The summed E-state index contributed by atoms with van der Waals surface area (Å²) in [5.74, 6) is 0. The zero-order valence-electron chi connectivity index (χ0n) is 2.05. The van der Waals surface area contributed by atoms with Crippen LogP contribution in [0.3, 0.4) is 0 Å². The molecule has 0 aromatic rings. The number of hydrogen-bond donors (Lipinski definition) is 1. The van der Waals surface area contributed by atoms with Gasteiger partial charge in [0.05, 0.1) is 14.9 Å². The fourth-order valence-corrected chi connectivity index (χ4v) is 0. The van der Waals surface area contributed by atoms with Crippen molar-refractivity contribution < 1.29 is 28.9 Å². The predicted molar refractivity (Wildman–Crippen MR) is 10.8 cm³/mol. The predicted octanol–water partition coefficient (Wildman–Crippen LogP) is -5.04. The molecule has 0 radical (unpaired) electrons. The Bertz CT molecular complexity index is 23.0. The third-order valence-electron chi connectivity index (χ3n) is 0. The maximum absolute atomic E-state index is 8.60. The van der Waals surface area contributed by atoms with Crippen molar-refractivity contribution in [1.29, 1.82) is 0 Å². The molecule has 0 saturated carbocycles. The average molecular weight is 111 g/mol. The SMILES string of the molecule is [BeH2].[O-][Cl+3]([O-])([O-])O. The summed E-state index contributed by atoms with van der Waals surface area (Å²) in [4.78, 5) is 0. The van der Waals surface area contributed by atoms with Crippen LogP contribution in [0.5, 0.6) is 0 Å². The second-order valence-corrected chi connectivity index (χ2v) is 1.19. The summed E-state index contributed by atoms with van der Waals surface area (Å²) in [5.41, 5.74) is 0. The molecule has 6 heteroatoms. The average Bonchev–Trinajstić information content (AvgIpc) is 0.722. The van der Waals surface area contributed by atoms with E-state index in [1.54, 1.807) is 0 Å². The molecule has 0 aliphatic rings. The molecule has 0 spiro atoms. The van der Waals surface area contributed by atoms with Gasteiger partial charge in [-0.05, 0) is 0 Å². The molecule has 6 heavy (non-hydrogen) atoms. The largest absolute Gasteiger partial charge is 0.183 e. The Balaban J connectivity index is 0. The van der Waals surface area contributed by atoms with E-state index in [1.807, 2.05) is 0 Å². The fraction of sp³-hybridized carbons (Fsp3) is 0. The van der Waals surface area contributed by atoms with Crippen LogP contribution in [0.15, 0.2) is 0 Å². The van der Waals surface area contributed by atoms with Crippen molar-refractivity contribution in [3.63, 3.8) is 0 Å². The summed E-state index contributed by atoms with van der Waals surface area (Å²) >= 11 is 0. The molecule has 1 N–H and O–H groups in total. The molecule has 0 aromatic heterocycles. The van der Waals surface area contributed by atoms with Crippen LogP contribution < -0.4 is 14.0 Å². The second-order valence-electron chi connectivity index (χ2n) is 0.396. The van der Waals surface area contributed by atoms with E-state index < -0.39 is 10.2 Å². The molecule has 36 valence electrons. The summed E-state index contributed by atoms with van der Waals surface area (Å²) in [6.45, 7) is 0. The maximum Gasteiger partial charge on any atom is 0.0777 e. The van der Waals surface area contributed by atoms with E-state index in [1.165, 1.54) is 0 Å². The van der Waals surface area contributed by atoms with E-state index in [0.717, 1.165) is 0 Å². The first-order valence-corrected chi connectivity index (χ1v) is 1.90. The molecular formula is H3BeClO4. The topological polar surface area (TPSA) is 89.4 Å². The molecule has 0 aliphatic carbocycles. The van der Waals surface area contributed by atoms with Gasteiger partial charge in [-0.15, -0.1) is 0 Å². The van der Waals surface area contributed by atoms with Crippen molar-refractivity contribution >= 4 is 10.1 Å². The van der Waals surface area contributed by atoms with Gasteiger partial charge < -0.3 is 0 Å². The molecule has 0 bridgehead atoms. The van der Waals surface area contributed by atoms with Crippen LogP contribution in [-0.2, 0) is 0 Å².